The van der Waals surface area contributed by atoms with Gasteiger partial charge in [0.25, 0.3) is 5.56 Å². The Morgan fingerprint density at radius 2 is 2.17 bits per heavy atom. The fraction of sp³-hybridized carbons (Fsp3) is 0.231. The van der Waals surface area contributed by atoms with Crippen molar-refractivity contribution in [3.8, 4) is 17.1 Å². The molecule has 0 bridgehead atoms. The number of ether oxygens (including phenoxy) is 1. The highest BCUT2D eigenvalue weighted by atomic mass is 16.5. The van der Waals surface area contributed by atoms with Crippen molar-refractivity contribution in [2.24, 2.45) is 5.73 Å². The van der Waals surface area contributed by atoms with E-state index in [1.165, 1.54) is 0 Å². The number of para-hydroxylation sites is 1. The zero-order valence-electron chi connectivity index (χ0n) is 10.1. The summed E-state index contributed by atoms with van der Waals surface area (Å²) in [6, 6.07) is 7.40. The van der Waals surface area contributed by atoms with Crippen LogP contribution in [0.25, 0.3) is 11.4 Å². The average molecular weight is 245 g/mol. The molecule has 1 heterocycles. The zero-order chi connectivity index (χ0) is 13.0. The van der Waals surface area contributed by atoms with Crippen LogP contribution in [0, 0.1) is 0 Å². The van der Waals surface area contributed by atoms with Gasteiger partial charge in [-0.25, -0.2) is 4.98 Å². The maximum Gasteiger partial charge on any atom is 0.254 e. The van der Waals surface area contributed by atoms with Crippen LogP contribution < -0.4 is 16.0 Å². The Kier molecular flexibility index (Phi) is 3.74. The van der Waals surface area contributed by atoms with E-state index in [4.69, 9.17) is 10.5 Å². The van der Waals surface area contributed by atoms with Gasteiger partial charge in [0.15, 0.2) is 0 Å². The summed E-state index contributed by atoms with van der Waals surface area (Å²) in [4.78, 5) is 18.8. The van der Waals surface area contributed by atoms with Crippen LogP contribution in [-0.4, -0.2) is 23.6 Å². The van der Waals surface area contributed by atoms with Crippen LogP contribution in [0.3, 0.4) is 0 Å². The van der Waals surface area contributed by atoms with Crippen LogP contribution in [0.4, 0.5) is 0 Å². The predicted octanol–water partition coefficient (Wildman–Crippen LogP) is 0.947. The summed E-state index contributed by atoms with van der Waals surface area (Å²) < 4.78 is 5.24. The van der Waals surface area contributed by atoms with E-state index in [1.54, 1.807) is 13.3 Å². The van der Waals surface area contributed by atoms with Crippen molar-refractivity contribution in [3.05, 3.63) is 46.4 Å². The van der Waals surface area contributed by atoms with E-state index in [0.717, 1.165) is 5.56 Å². The molecule has 0 amide bonds. The predicted molar refractivity (Wildman–Crippen MR) is 69.6 cm³/mol. The average Bonchev–Trinajstić information content (AvgIpc) is 2.41. The van der Waals surface area contributed by atoms with Gasteiger partial charge < -0.3 is 15.5 Å². The summed E-state index contributed by atoms with van der Waals surface area (Å²) in [5.74, 6) is 1.17. The Balaban J connectivity index is 2.46. The molecule has 0 atom stereocenters. The number of nitrogens with two attached hydrogens (primary N) is 1. The minimum absolute atomic E-state index is 0.156. The lowest BCUT2D eigenvalue weighted by Crippen LogP contribution is -2.17. The van der Waals surface area contributed by atoms with Crippen LogP contribution in [0.5, 0.6) is 5.75 Å². The highest BCUT2D eigenvalue weighted by Gasteiger charge is 2.08. The molecule has 0 aliphatic carbocycles. The lowest BCUT2D eigenvalue weighted by molar-refractivity contribution is 0.416. The molecule has 0 saturated heterocycles. The number of H-pyrrole nitrogens is 1. The highest BCUT2D eigenvalue weighted by Crippen LogP contribution is 2.25. The van der Waals surface area contributed by atoms with Gasteiger partial charge in [-0.3, -0.25) is 4.79 Å². The molecule has 0 unspecified atom stereocenters. The highest BCUT2D eigenvalue weighted by molar-refractivity contribution is 5.63. The Bertz CT molecular complexity index is 593. The lowest BCUT2D eigenvalue weighted by atomic mass is 10.1. The molecular formula is C13H15N3O2. The number of aromatic nitrogens is 2. The molecule has 2 rings (SSSR count). The molecule has 0 aliphatic heterocycles. The maximum absolute atomic E-state index is 11.8. The van der Waals surface area contributed by atoms with Gasteiger partial charge >= 0.3 is 0 Å². The van der Waals surface area contributed by atoms with Crippen LogP contribution in [0.1, 0.15) is 5.56 Å². The summed E-state index contributed by atoms with van der Waals surface area (Å²) in [7, 11) is 1.58. The first-order valence-corrected chi connectivity index (χ1v) is 5.68. The van der Waals surface area contributed by atoms with Gasteiger partial charge in [0.2, 0.25) is 0 Å². The normalized spacial score (nSPS) is 10.3. The number of hydrogen-bond donors (Lipinski definition) is 2. The Morgan fingerprint density at radius 1 is 1.39 bits per heavy atom. The number of methoxy groups -OCH3 is 1. The largest absolute Gasteiger partial charge is 0.496 e. The van der Waals surface area contributed by atoms with Crippen molar-refractivity contribution in [2.45, 2.75) is 6.42 Å². The van der Waals surface area contributed by atoms with Gasteiger partial charge in [0.1, 0.15) is 11.6 Å². The minimum atomic E-state index is -0.156. The molecule has 3 N–H and O–H groups in total. The third-order valence-electron chi connectivity index (χ3n) is 2.65. The van der Waals surface area contributed by atoms with Crippen LogP contribution in [-0.2, 0) is 6.42 Å². The fourth-order valence-electron chi connectivity index (χ4n) is 1.73. The minimum Gasteiger partial charge on any atom is -0.496 e. The van der Waals surface area contributed by atoms with Crippen molar-refractivity contribution in [2.75, 3.05) is 13.7 Å². The van der Waals surface area contributed by atoms with E-state index in [2.05, 4.69) is 9.97 Å². The Labute approximate surface area is 105 Å². The molecule has 0 aliphatic rings. The fourth-order valence-corrected chi connectivity index (χ4v) is 1.73. The van der Waals surface area contributed by atoms with Gasteiger partial charge in [-0.2, -0.15) is 0 Å². The number of benzene rings is 1. The molecule has 0 fully saturated rings. The van der Waals surface area contributed by atoms with E-state index in [0.29, 0.717) is 30.1 Å². The van der Waals surface area contributed by atoms with Crippen molar-refractivity contribution < 1.29 is 4.74 Å². The zero-order valence-corrected chi connectivity index (χ0v) is 10.1. The smallest absolute Gasteiger partial charge is 0.254 e. The Morgan fingerprint density at radius 3 is 2.83 bits per heavy atom. The van der Waals surface area contributed by atoms with E-state index in [1.807, 2.05) is 24.3 Å². The summed E-state index contributed by atoms with van der Waals surface area (Å²) in [5.41, 5.74) is 6.62. The van der Waals surface area contributed by atoms with Crippen molar-refractivity contribution in [1.29, 1.82) is 0 Å². The van der Waals surface area contributed by atoms with E-state index >= 15 is 0 Å². The molecule has 0 radical (unpaired) electrons. The molecule has 1 aromatic carbocycles. The summed E-state index contributed by atoms with van der Waals surface area (Å²) in [5, 5.41) is 0. The number of hydrogen-bond acceptors (Lipinski definition) is 4. The molecule has 94 valence electrons. The molecule has 5 nitrogen and oxygen atoms in total. The number of aromatic amines is 1. The molecule has 0 spiro atoms. The first-order valence-electron chi connectivity index (χ1n) is 5.68. The Hall–Kier alpha value is -2.14. The number of nitrogens with zero attached hydrogens (tertiary/aromatic N) is 1. The van der Waals surface area contributed by atoms with Crippen molar-refractivity contribution in [1.82, 2.24) is 9.97 Å². The molecule has 0 saturated carbocycles. The van der Waals surface area contributed by atoms with Crippen molar-refractivity contribution >= 4 is 0 Å². The number of rotatable bonds is 4. The standard InChI is InChI=1S/C13H15N3O2/c1-18-11-5-3-2-4-10(11)12-15-8-9(6-7-14)13(17)16-12/h2-5,8H,6-7,14H2,1H3,(H,15,16,17). The van der Waals surface area contributed by atoms with Gasteiger partial charge in [-0.05, 0) is 25.1 Å². The molecule has 5 heteroatoms. The second-order valence-corrected chi connectivity index (χ2v) is 3.83. The maximum atomic E-state index is 11.8. The molecular weight excluding hydrogens is 230 g/mol. The van der Waals surface area contributed by atoms with E-state index in [9.17, 15) is 4.79 Å². The van der Waals surface area contributed by atoms with Crippen LogP contribution in [0.2, 0.25) is 0 Å². The number of nitrogens with one attached hydrogen (secondary N) is 1. The summed E-state index contributed by atoms with van der Waals surface area (Å²) in [6.07, 6.45) is 2.09. The first kappa shape index (κ1) is 12.3. The third kappa shape index (κ3) is 2.41. The topological polar surface area (TPSA) is 81.0 Å². The lowest BCUT2D eigenvalue weighted by Gasteiger charge is -2.07. The van der Waals surface area contributed by atoms with Crippen LogP contribution >= 0.6 is 0 Å². The first-order chi connectivity index (χ1) is 8.76. The van der Waals surface area contributed by atoms with Gasteiger partial charge in [-0.15, -0.1) is 0 Å². The van der Waals surface area contributed by atoms with Crippen molar-refractivity contribution in [3.63, 3.8) is 0 Å². The molecule has 1 aromatic heterocycles. The molecule has 18 heavy (non-hydrogen) atoms. The van der Waals surface area contributed by atoms with E-state index < -0.39 is 0 Å². The second-order valence-electron chi connectivity index (χ2n) is 3.83. The van der Waals surface area contributed by atoms with Gasteiger partial charge in [-0.1, -0.05) is 12.1 Å². The summed E-state index contributed by atoms with van der Waals surface area (Å²) in [6.45, 7) is 0.429. The van der Waals surface area contributed by atoms with Gasteiger partial charge in [0.05, 0.1) is 12.7 Å². The quantitative estimate of drug-likeness (QED) is 0.840. The third-order valence-corrected chi connectivity index (χ3v) is 2.65. The summed E-state index contributed by atoms with van der Waals surface area (Å²) >= 11 is 0. The second kappa shape index (κ2) is 5.46. The van der Waals surface area contributed by atoms with Gasteiger partial charge in [0, 0.05) is 11.8 Å². The van der Waals surface area contributed by atoms with E-state index in [-0.39, 0.29) is 5.56 Å². The molecule has 2 aromatic rings. The van der Waals surface area contributed by atoms with Crippen LogP contribution in [0.15, 0.2) is 35.3 Å². The SMILES string of the molecule is COc1ccccc1-c1ncc(CCN)c(=O)[nH]1. The monoisotopic (exact) mass is 245 g/mol.